The summed E-state index contributed by atoms with van der Waals surface area (Å²) in [7, 11) is 0. The Morgan fingerprint density at radius 2 is 2.15 bits per heavy atom. The number of halogens is 4. The molecule has 1 rings (SSSR count). The number of aliphatic hydroxyl groups excluding tert-OH is 1. The van der Waals surface area contributed by atoms with Crippen LogP contribution in [0.15, 0.2) is 6.20 Å². The van der Waals surface area contributed by atoms with E-state index in [1.54, 1.807) is 22.6 Å². The van der Waals surface area contributed by atoms with Gasteiger partial charge in [-0.3, -0.25) is 4.98 Å². The molecule has 6 heteroatoms. The summed E-state index contributed by atoms with van der Waals surface area (Å²) in [6.07, 6.45) is -1.85. The quantitative estimate of drug-likeness (QED) is 0.850. The number of pyridine rings is 1. The molecule has 1 aromatic heterocycles. The van der Waals surface area contributed by atoms with E-state index in [-0.39, 0.29) is 5.56 Å². The number of nitrogens with zero attached hydrogens (tertiary/aromatic N) is 1. The summed E-state index contributed by atoms with van der Waals surface area (Å²) < 4.78 is 37.6. The number of aliphatic hydroxyl groups is 1. The second kappa shape index (κ2) is 4.23. The van der Waals surface area contributed by atoms with Gasteiger partial charge in [0.25, 0.3) is 6.43 Å². The fraction of sp³-hybridized carbons (Fsp3) is 0.286. The van der Waals surface area contributed by atoms with Gasteiger partial charge in [0.05, 0.1) is 6.61 Å². The molecule has 0 saturated heterocycles. The van der Waals surface area contributed by atoms with Crippen molar-refractivity contribution in [2.24, 2.45) is 0 Å². The van der Waals surface area contributed by atoms with E-state index in [0.29, 0.717) is 3.57 Å². The highest BCUT2D eigenvalue weighted by Crippen LogP contribution is 2.24. The number of rotatable bonds is 2. The molecule has 0 saturated carbocycles. The highest BCUT2D eigenvalue weighted by atomic mass is 127. The summed E-state index contributed by atoms with van der Waals surface area (Å²) in [5, 5.41) is 8.69. The topological polar surface area (TPSA) is 33.1 Å². The van der Waals surface area contributed by atoms with Gasteiger partial charge in [-0.25, -0.2) is 13.2 Å². The van der Waals surface area contributed by atoms with Crippen molar-refractivity contribution in [1.29, 1.82) is 0 Å². The molecule has 0 spiro atoms. The first-order chi connectivity index (χ1) is 6.07. The molecule has 1 N–H and O–H groups in total. The summed E-state index contributed by atoms with van der Waals surface area (Å²) in [5.41, 5.74) is -1.05. The van der Waals surface area contributed by atoms with Crippen molar-refractivity contribution in [2.75, 3.05) is 0 Å². The van der Waals surface area contributed by atoms with E-state index >= 15 is 0 Å². The van der Waals surface area contributed by atoms with Gasteiger partial charge in [-0.1, -0.05) is 0 Å². The Morgan fingerprint density at radius 3 is 2.62 bits per heavy atom. The first-order valence-electron chi connectivity index (χ1n) is 3.29. The number of aromatic nitrogens is 1. The van der Waals surface area contributed by atoms with E-state index in [0.717, 1.165) is 6.20 Å². The molecule has 0 aliphatic carbocycles. The van der Waals surface area contributed by atoms with Gasteiger partial charge in [-0.15, -0.1) is 0 Å². The van der Waals surface area contributed by atoms with Crippen LogP contribution in [0, 0.1) is 9.39 Å². The van der Waals surface area contributed by atoms with Gasteiger partial charge < -0.3 is 5.11 Å². The van der Waals surface area contributed by atoms with Gasteiger partial charge in [0.1, 0.15) is 5.69 Å². The van der Waals surface area contributed by atoms with Crippen molar-refractivity contribution in [3.05, 3.63) is 26.8 Å². The van der Waals surface area contributed by atoms with Crippen molar-refractivity contribution in [3.63, 3.8) is 0 Å². The second-order valence-electron chi connectivity index (χ2n) is 2.24. The maximum absolute atomic E-state index is 13.1. The third kappa shape index (κ3) is 2.11. The van der Waals surface area contributed by atoms with Crippen LogP contribution in [0.5, 0.6) is 0 Å². The minimum atomic E-state index is -2.96. The smallest absolute Gasteiger partial charge is 0.283 e. The molecule has 0 radical (unpaired) electrons. The number of hydrogen-bond donors (Lipinski definition) is 1. The van der Waals surface area contributed by atoms with Crippen molar-refractivity contribution in [3.8, 4) is 0 Å². The van der Waals surface area contributed by atoms with E-state index in [1.807, 2.05) is 0 Å². The van der Waals surface area contributed by atoms with E-state index in [4.69, 9.17) is 5.11 Å². The van der Waals surface area contributed by atoms with Gasteiger partial charge >= 0.3 is 0 Å². The number of hydrogen-bond acceptors (Lipinski definition) is 2. The van der Waals surface area contributed by atoms with E-state index in [2.05, 4.69) is 4.98 Å². The molecule has 0 unspecified atom stereocenters. The predicted molar refractivity (Wildman–Crippen MR) is 47.8 cm³/mol. The lowest BCUT2D eigenvalue weighted by molar-refractivity contribution is 0.139. The van der Waals surface area contributed by atoms with Crippen LogP contribution in [0.3, 0.4) is 0 Å². The maximum atomic E-state index is 13.1. The normalized spacial score (nSPS) is 10.9. The molecule has 0 amide bonds. The molecule has 0 fully saturated rings. The minimum absolute atomic E-state index is 0.133. The van der Waals surface area contributed by atoms with Crippen molar-refractivity contribution < 1.29 is 18.3 Å². The third-order valence-corrected chi connectivity index (χ3v) is 2.39. The van der Waals surface area contributed by atoms with Crippen LogP contribution in [0.25, 0.3) is 0 Å². The van der Waals surface area contributed by atoms with E-state index in [1.165, 1.54) is 0 Å². The molecule has 1 aromatic rings. The van der Waals surface area contributed by atoms with Crippen LogP contribution in [-0.4, -0.2) is 10.1 Å². The lowest BCUT2D eigenvalue weighted by atomic mass is 10.2. The molecule has 0 aromatic carbocycles. The summed E-state index contributed by atoms with van der Waals surface area (Å²) in [6.45, 7) is -0.605. The highest BCUT2D eigenvalue weighted by molar-refractivity contribution is 14.1. The molecular weight excluding hydrogens is 298 g/mol. The molecule has 13 heavy (non-hydrogen) atoms. The summed E-state index contributed by atoms with van der Waals surface area (Å²) >= 11 is 1.72. The Hall–Kier alpha value is -0.370. The first kappa shape index (κ1) is 10.7. The Bertz CT molecular complexity index is 319. The molecule has 2 nitrogen and oxygen atoms in total. The predicted octanol–water partition coefficient (Wildman–Crippen LogP) is 2.26. The van der Waals surface area contributed by atoms with Crippen LogP contribution < -0.4 is 0 Å². The Labute approximate surface area is 85.9 Å². The molecule has 0 aliphatic heterocycles. The highest BCUT2D eigenvalue weighted by Gasteiger charge is 2.19. The first-order valence-corrected chi connectivity index (χ1v) is 4.37. The van der Waals surface area contributed by atoms with Crippen LogP contribution in [0.1, 0.15) is 17.7 Å². The molecule has 0 atom stereocenters. The standard InChI is InChI=1S/C7H5F3INO/c8-5-3(2-13)4(11)1-12-6(5)7(9)10/h1,7,13H,2H2. The van der Waals surface area contributed by atoms with Crippen LogP contribution >= 0.6 is 22.6 Å². The van der Waals surface area contributed by atoms with Gasteiger partial charge in [0.15, 0.2) is 5.82 Å². The molecule has 0 bridgehead atoms. The van der Waals surface area contributed by atoms with Crippen LogP contribution in [-0.2, 0) is 6.61 Å². The average molecular weight is 303 g/mol. The molecule has 1 heterocycles. The molecule has 72 valence electrons. The molecule has 0 aliphatic rings. The Kier molecular flexibility index (Phi) is 3.48. The van der Waals surface area contributed by atoms with E-state index in [9.17, 15) is 13.2 Å². The molecular formula is C7H5F3INO. The van der Waals surface area contributed by atoms with Gasteiger partial charge in [-0.05, 0) is 22.6 Å². The monoisotopic (exact) mass is 303 g/mol. The zero-order valence-corrected chi connectivity index (χ0v) is 8.43. The Morgan fingerprint density at radius 1 is 1.54 bits per heavy atom. The van der Waals surface area contributed by atoms with Crippen molar-refractivity contribution >= 4 is 22.6 Å². The largest absolute Gasteiger partial charge is 0.392 e. The average Bonchev–Trinajstić information content (AvgIpc) is 2.04. The zero-order valence-electron chi connectivity index (χ0n) is 6.27. The Balaban J connectivity index is 3.27. The van der Waals surface area contributed by atoms with Gasteiger partial charge in [0, 0.05) is 15.3 Å². The van der Waals surface area contributed by atoms with Crippen LogP contribution in [0.2, 0.25) is 0 Å². The van der Waals surface area contributed by atoms with Gasteiger partial charge in [0.2, 0.25) is 0 Å². The van der Waals surface area contributed by atoms with Crippen molar-refractivity contribution in [2.45, 2.75) is 13.0 Å². The summed E-state index contributed by atoms with van der Waals surface area (Å²) in [6, 6.07) is 0. The number of alkyl halides is 2. The maximum Gasteiger partial charge on any atom is 0.283 e. The lowest BCUT2D eigenvalue weighted by Crippen LogP contribution is -2.03. The third-order valence-electron chi connectivity index (χ3n) is 1.46. The van der Waals surface area contributed by atoms with Gasteiger partial charge in [-0.2, -0.15) is 0 Å². The van der Waals surface area contributed by atoms with Crippen LogP contribution in [0.4, 0.5) is 13.2 Å². The SMILES string of the molecule is OCc1c(I)cnc(C(F)F)c1F. The summed E-state index contributed by atoms with van der Waals surface area (Å²) in [4.78, 5) is 3.24. The minimum Gasteiger partial charge on any atom is -0.392 e. The van der Waals surface area contributed by atoms with E-state index < -0.39 is 24.5 Å². The lowest BCUT2D eigenvalue weighted by Gasteiger charge is -2.06. The van der Waals surface area contributed by atoms with Crippen molar-refractivity contribution in [1.82, 2.24) is 4.98 Å². The zero-order chi connectivity index (χ0) is 10.0. The second-order valence-corrected chi connectivity index (χ2v) is 3.40. The fourth-order valence-corrected chi connectivity index (χ4v) is 1.36. The fourth-order valence-electron chi connectivity index (χ4n) is 0.817. The summed E-state index contributed by atoms with van der Waals surface area (Å²) in [5.74, 6) is -1.12.